The lowest BCUT2D eigenvalue weighted by atomic mass is 10.1. The Kier molecular flexibility index (Phi) is 4.56. The van der Waals surface area contributed by atoms with E-state index in [1.54, 1.807) is 30.7 Å². The molecule has 0 bridgehead atoms. The number of H-pyrrole nitrogens is 1. The van der Waals surface area contributed by atoms with Crippen LogP contribution in [0.25, 0.3) is 22.2 Å². The second kappa shape index (κ2) is 7.17. The van der Waals surface area contributed by atoms with Crippen molar-refractivity contribution in [2.45, 2.75) is 13.0 Å². The molecular formula is C20H16ClN5O. The van der Waals surface area contributed by atoms with Crippen molar-refractivity contribution in [2.24, 2.45) is 0 Å². The van der Waals surface area contributed by atoms with Gasteiger partial charge in [-0.15, -0.1) is 0 Å². The normalized spacial score (nSPS) is 12.1. The molecule has 27 heavy (non-hydrogen) atoms. The van der Waals surface area contributed by atoms with E-state index in [9.17, 15) is 4.79 Å². The van der Waals surface area contributed by atoms with Crippen LogP contribution in [-0.4, -0.2) is 19.9 Å². The van der Waals surface area contributed by atoms with Gasteiger partial charge < -0.3 is 10.3 Å². The highest BCUT2D eigenvalue weighted by Crippen LogP contribution is 2.22. The molecule has 6 nitrogen and oxygen atoms in total. The van der Waals surface area contributed by atoms with Gasteiger partial charge in [0.15, 0.2) is 0 Å². The number of aromatic nitrogens is 4. The SMILES string of the molecule is CC(Nc1nccc(-c2cccnc2)n1)c1cc2cc(Cl)ccc2[nH]c1=O. The highest BCUT2D eigenvalue weighted by Gasteiger charge is 2.13. The first-order chi connectivity index (χ1) is 13.1. The van der Waals surface area contributed by atoms with Crippen LogP contribution in [0.5, 0.6) is 0 Å². The molecule has 134 valence electrons. The van der Waals surface area contributed by atoms with E-state index in [-0.39, 0.29) is 11.6 Å². The number of rotatable bonds is 4. The second-order valence-electron chi connectivity index (χ2n) is 6.16. The van der Waals surface area contributed by atoms with Crippen LogP contribution in [-0.2, 0) is 0 Å². The molecule has 0 fully saturated rings. The first-order valence-electron chi connectivity index (χ1n) is 8.42. The largest absolute Gasteiger partial charge is 0.347 e. The highest BCUT2D eigenvalue weighted by molar-refractivity contribution is 6.31. The van der Waals surface area contributed by atoms with Crippen molar-refractivity contribution in [1.29, 1.82) is 0 Å². The topological polar surface area (TPSA) is 83.6 Å². The lowest BCUT2D eigenvalue weighted by Crippen LogP contribution is -2.20. The van der Waals surface area contributed by atoms with Crippen LogP contribution in [0.2, 0.25) is 5.02 Å². The van der Waals surface area contributed by atoms with E-state index in [1.165, 1.54) is 0 Å². The van der Waals surface area contributed by atoms with Crippen LogP contribution in [0.15, 0.2) is 65.8 Å². The number of hydrogen-bond donors (Lipinski definition) is 2. The van der Waals surface area contributed by atoms with Crippen LogP contribution < -0.4 is 10.9 Å². The molecule has 0 aliphatic rings. The van der Waals surface area contributed by atoms with E-state index in [0.29, 0.717) is 16.5 Å². The predicted octanol–water partition coefficient (Wildman–Crippen LogP) is 4.21. The van der Waals surface area contributed by atoms with Gasteiger partial charge in [0.05, 0.1) is 11.7 Å². The van der Waals surface area contributed by atoms with Crippen LogP contribution in [0.1, 0.15) is 18.5 Å². The lowest BCUT2D eigenvalue weighted by Gasteiger charge is -2.14. The number of pyridine rings is 2. The van der Waals surface area contributed by atoms with E-state index < -0.39 is 0 Å². The van der Waals surface area contributed by atoms with Gasteiger partial charge in [-0.1, -0.05) is 11.6 Å². The average Bonchev–Trinajstić information content (AvgIpc) is 2.68. The fraction of sp³-hybridized carbons (Fsp3) is 0.100. The number of nitrogens with one attached hydrogen (secondary N) is 2. The zero-order valence-electron chi connectivity index (χ0n) is 14.5. The molecule has 0 spiro atoms. The molecule has 1 unspecified atom stereocenters. The van der Waals surface area contributed by atoms with Crippen molar-refractivity contribution < 1.29 is 0 Å². The van der Waals surface area contributed by atoms with Gasteiger partial charge in [0.2, 0.25) is 5.95 Å². The van der Waals surface area contributed by atoms with Gasteiger partial charge in [0, 0.05) is 45.6 Å². The van der Waals surface area contributed by atoms with Crippen LogP contribution in [0.3, 0.4) is 0 Å². The highest BCUT2D eigenvalue weighted by atomic mass is 35.5. The van der Waals surface area contributed by atoms with Crippen molar-refractivity contribution in [3.8, 4) is 11.3 Å². The van der Waals surface area contributed by atoms with Crippen molar-refractivity contribution in [3.63, 3.8) is 0 Å². The second-order valence-corrected chi connectivity index (χ2v) is 6.60. The van der Waals surface area contributed by atoms with Crippen molar-refractivity contribution in [1.82, 2.24) is 19.9 Å². The summed E-state index contributed by atoms with van der Waals surface area (Å²) in [5.74, 6) is 0.439. The summed E-state index contributed by atoms with van der Waals surface area (Å²) < 4.78 is 0. The molecule has 3 heterocycles. The molecule has 0 amide bonds. The standard InChI is InChI=1S/C20H16ClN5O/c1-12(16-10-14-9-15(21)4-5-17(14)25-19(16)27)24-20-23-8-6-18(26-20)13-3-2-7-22-11-13/h2-12H,1H3,(H,25,27)(H,23,24,26). The van der Waals surface area contributed by atoms with Crippen molar-refractivity contribution >= 4 is 28.5 Å². The molecule has 0 radical (unpaired) electrons. The molecule has 1 atom stereocenters. The van der Waals surface area contributed by atoms with Gasteiger partial charge in [-0.25, -0.2) is 9.97 Å². The molecule has 3 aromatic heterocycles. The third kappa shape index (κ3) is 3.66. The molecule has 0 aliphatic carbocycles. The van der Waals surface area contributed by atoms with E-state index in [0.717, 1.165) is 22.2 Å². The Bertz CT molecular complexity index is 1160. The summed E-state index contributed by atoms with van der Waals surface area (Å²) in [6, 6.07) is 12.5. The molecule has 4 rings (SSSR count). The van der Waals surface area contributed by atoms with E-state index in [4.69, 9.17) is 11.6 Å². The molecule has 2 N–H and O–H groups in total. The molecular weight excluding hydrogens is 362 g/mol. The monoisotopic (exact) mass is 377 g/mol. The fourth-order valence-electron chi connectivity index (χ4n) is 2.89. The first-order valence-corrected chi connectivity index (χ1v) is 8.80. The van der Waals surface area contributed by atoms with Crippen molar-refractivity contribution in [3.05, 3.63) is 82.0 Å². The van der Waals surface area contributed by atoms with Crippen LogP contribution in [0, 0.1) is 0 Å². The number of halogens is 1. The molecule has 0 saturated carbocycles. The fourth-order valence-corrected chi connectivity index (χ4v) is 3.07. The maximum atomic E-state index is 12.5. The molecule has 0 aliphatic heterocycles. The third-order valence-electron chi connectivity index (χ3n) is 4.26. The van der Waals surface area contributed by atoms with E-state index in [2.05, 4.69) is 25.3 Å². The quantitative estimate of drug-likeness (QED) is 0.556. The number of benzene rings is 1. The summed E-state index contributed by atoms with van der Waals surface area (Å²) in [6.45, 7) is 1.89. The zero-order valence-corrected chi connectivity index (χ0v) is 15.2. The summed E-state index contributed by atoms with van der Waals surface area (Å²) >= 11 is 6.06. The number of aromatic amines is 1. The summed E-state index contributed by atoms with van der Waals surface area (Å²) in [5, 5.41) is 4.68. The Hall–Kier alpha value is -3.25. The minimum absolute atomic E-state index is 0.159. The third-order valence-corrected chi connectivity index (χ3v) is 4.50. The summed E-state index contributed by atoms with van der Waals surface area (Å²) in [5.41, 5.74) is 2.82. The molecule has 0 saturated heterocycles. The summed E-state index contributed by atoms with van der Waals surface area (Å²) in [4.78, 5) is 28.2. The number of fused-ring (bicyclic) bond motifs is 1. The maximum Gasteiger partial charge on any atom is 0.253 e. The molecule has 7 heteroatoms. The van der Waals surface area contributed by atoms with Crippen molar-refractivity contribution in [2.75, 3.05) is 5.32 Å². The van der Waals surface area contributed by atoms with Gasteiger partial charge in [0.25, 0.3) is 5.56 Å². The Morgan fingerprint density at radius 1 is 1.15 bits per heavy atom. The average molecular weight is 378 g/mol. The minimum atomic E-state index is -0.290. The Morgan fingerprint density at radius 2 is 2.04 bits per heavy atom. The summed E-state index contributed by atoms with van der Waals surface area (Å²) in [6.07, 6.45) is 5.13. The number of hydrogen-bond acceptors (Lipinski definition) is 5. The number of anilines is 1. The van der Waals surface area contributed by atoms with Crippen LogP contribution in [0.4, 0.5) is 5.95 Å². The Morgan fingerprint density at radius 3 is 2.85 bits per heavy atom. The molecule has 1 aromatic carbocycles. The predicted molar refractivity (Wildman–Crippen MR) is 107 cm³/mol. The van der Waals surface area contributed by atoms with E-state index >= 15 is 0 Å². The van der Waals surface area contributed by atoms with Gasteiger partial charge >= 0.3 is 0 Å². The number of nitrogens with zero attached hydrogens (tertiary/aromatic N) is 3. The van der Waals surface area contributed by atoms with Crippen LogP contribution >= 0.6 is 11.6 Å². The maximum absolute atomic E-state index is 12.5. The molecule has 4 aromatic rings. The Balaban J connectivity index is 1.64. The van der Waals surface area contributed by atoms with Gasteiger partial charge in [-0.05, 0) is 49.4 Å². The lowest BCUT2D eigenvalue weighted by molar-refractivity contribution is 0.845. The smallest absolute Gasteiger partial charge is 0.253 e. The zero-order chi connectivity index (χ0) is 18.8. The van der Waals surface area contributed by atoms with Gasteiger partial charge in [0.1, 0.15) is 0 Å². The first kappa shape index (κ1) is 17.2. The minimum Gasteiger partial charge on any atom is -0.347 e. The van der Waals surface area contributed by atoms with Gasteiger partial charge in [-0.2, -0.15) is 0 Å². The summed E-state index contributed by atoms with van der Waals surface area (Å²) in [7, 11) is 0. The van der Waals surface area contributed by atoms with E-state index in [1.807, 2.05) is 37.3 Å². The van der Waals surface area contributed by atoms with Gasteiger partial charge in [-0.3, -0.25) is 9.78 Å². The Labute approximate surface area is 160 Å².